The van der Waals surface area contributed by atoms with Crippen LogP contribution in [0.15, 0.2) is 42.1 Å². The summed E-state index contributed by atoms with van der Waals surface area (Å²) in [6, 6.07) is 9.10. The van der Waals surface area contributed by atoms with Crippen molar-refractivity contribution in [2.45, 2.75) is 6.92 Å². The van der Waals surface area contributed by atoms with Crippen molar-refractivity contribution in [3.63, 3.8) is 0 Å². The Morgan fingerprint density at radius 3 is 2.65 bits per heavy atom. The van der Waals surface area contributed by atoms with Crippen LogP contribution in [0.3, 0.4) is 0 Å². The number of halogens is 1. The Morgan fingerprint density at radius 2 is 1.94 bits per heavy atom. The van der Waals surface area contributed by atoms with Crippen LogP contribution in [0.25, 0.3) is 6.08 Å². The summed E-state index contributed by atoms with van der Waals surface area (Å²) >= 11 is 5.82. The quantitative estimate of drug-likeness (QED) is 0.525. The van der Waals surface area contributed by atoms with E-state index in [-0.39, 0.29) is 12.5 Å². The largest absolute Gasteiger partial charge is 0.493 e. The third-order valence-electron chi connectivity index (χ3n) is 4.50. The molecule has 4 rings (SSSR count). The van der Waals surface area contributed by atoms with Crippen molar-refractivity contribution in [1.82, 2.24) is 10.2 Å². The van der Waals surface area contributed by atoms with E-state index in [2.05, 4.69) is 10.6 Å². The molecule has 0 saturated carbocycles. The van der Waals surface area contributed by atoms with Gasteiger partial charge in [0.15, 0.2) is 11.5 Å². The zero-order valence-corrected chi connectivity index (χ0v) is 17.2. The number of nitrogens with zero attached hydrogens (tertiary/aromatic N) is 1. The molecular weight excluding hydrogens is 426 g/mol. The predicted octanol–water partition coefficient (Wildman–Crippen LogP) is 3.00. The molecule has 2 aliphatic heterocycles. The maximum atomic E-state index is 12.7. The Hall–Kier alpha value is -3.72. The lowest BCUT2D eigenvalue weighted by Crippen LogP contribution is -2.38. The molecule has 0 spiro atoms. The van der Waals surface area contributed by atoms with Crippen molar-refractivity contribution < 1.29 is 28.6 Å². The SMILES string of the molecule is CCOc1cc2c(cc1/C=C1\NC(=O)N(CC(=O)Nc3ccc(Cl)cc3)C1=O)OCO2. The van der Waals surface area contributed by atoms with Crippen LogP contribution in [-0.2, 0) is 9.59 Å². The Labute approximate surface area is 182 Å². The van der Waals surface area contributed by atoms with Gasteiger partial charge in [0.25, 0.3) is 5.91 Å². The van der Waals surface area contributed by atoms with Gasteiger partial charge in [-0.15, -0.1) is 0 Å². The number of hydrogen-bond acceptors (Lipinski definition) is 6. The highest BCUT2D eigenvalue weighted by Gasteiger charge is 2.35. The normalized spacial score (nSPS) is 15.9. The smallest absolute Gasteiger partial charge is 0.329 e. The second kappa shape index (κ2) is 8.57. The minimum atomic E-state index is -0.693. The third kappa shape index (κ3) is 4.41. The average molecular weight is 444 g/mol. The predicted molar refractivity (Wildman–Crippen MR) is 112 cm³/mol. The molecule has 31 heavy (non-hydrogen) atoms. The van der Waals surface area contributed by atoms with Gasteiger partial charge in [-0.2, -0.15) is 0 Å². The first-order chi connectivity index (χ1) is 14.9. The van der Waals surface area contributed by atoms with Crippen LogP contribution in [0, 0.1) is 0 Å². The van der Waals surface area contributed by atoms with Gasteiger partial charge in [-0.05, 0) is 43.3 Å². The highest BCUT2D eigenvalue weighted by atomic mass is 35.5. The van der Waals surface area contributed by atoms with Gasteiger partial charge in [0.05, 0.1) is 6.61 Å². The molecule has 10 heteroatoms. The van der Waals surface area contributed by atoms with E-state index in [1.54, 1.807) is 36.4 Å². The number of urea groups is 1. The Morgan fingerprint density at radius 1 is 1.23 bits per heavy atom. The van der Waals surface area contributed by atoms with Crippen molar-refractivity contribution in [2.24, 2.45) is 0 Å². The summed E-state index contributed by atoms with van der Waals surface area (Å²) in [5.41, 5.74) is 1.05. The van der Waals surface area contributed by atoms with Crippen LogP contribution in [0.2, 0.25) is 5.02 Å². The van der Waals surface area contributed by atoms with E-state index in [9.17, 15) is 14.4 Å². The van der Waals surface area contributed by atoms with Gasteiger partial charge in [-0.25, -0.2) is 9.69 Å². The molecule has 160 valence electrons. The molecule has 0 aliphatic carbocycles. The molecule has 1 fully saturated rings. The summed E-state index contributed by atoms with van der Waals surface area (Å²) in [6.45, 7) is 1.87. The first-order valence-electron chi connectivity index (χ1n) is 9.41. The second-order valence-corrected chi connectivity index (χ2v) is 7.05. The summed E-state index contributed by atoms with van der Waals surface area (Å²) in [7, 11) is 0. The number of rotatable bonds is 6. The number of carbonyl (C=O) groups excluding carboxylic acids is 3. The first kappa shape index (κ1) is 20.5. The molecule has 9 nitrogen and oxygen atoms in total. The van der Waals surface area contributed by atoms with Gasteiger partial charge in [-0.1, -0.05) is 11.6 Å². The lowest BCUT2D eigenvalue weighted by atomic mass is 10.1. The van der Waals surface area contributed by atoms with Gasteiger partial charge in [0.1, 0.15) is 18.0 Å². The Bertz CT molecular complexity index is 1080. The van der Waals surface area contributed by atoms with Gasteiger partial charge < -0.3 is 24.8 Å². The zero-order chi connectivity index (χ0) is 22.0. The highest BCUT2D eigenvalue weighted by molar-refractivity contribution is 6.30. The molecule has 0 aromatic heterocycles. The number of benzene rings is 2. The van der Waals surface area contributed by atoms with Crippen LogP contribution < -0.4 is 24.8 Å². The summed E-state index contributed by atoms with van der Waals surface area (Å²) in [6.07, 6.45) is 1.48. The van der Waals surface area contributed by atoms with E-state index in [4.69, 9.17) is 25.8 Å². The van der Waals surface area contributed by atoms with Crippen LogP contribution in [0.1, 0.15) is 12.5 Å². The standard InChI is InChI=1S/C21H18ClN3O6/c1-2-29-16-9-18-17(30-11-31-18)8-12(16)7-15-20(27)25(21(28)24-15)10-19(26)23-14-5-3-13(22)4-6-14/h3-9H,2,10-11H2,1H3,(H,23,26)(H,24,28)/b15-7-. The van der Waals surface area contributed by atoms with E-state index in [0.29, 0.717) is 40.1 Å². The molecule has 0 radical (unpaired) electrons. The molecule has 0 unspecified atom stereocenters. The first-order valence-corrected chi connectivity index (χ1v) is 9.79. The fourth-order valence-corrected chi connectivity index (χ4v) is 3.21. The monoisotopic (exact) mass is 443 g/mol. The van der Waals surface area contributed by atoms with Crippen LogP contribution in [0.4, 0.5) is 10.5 Å². The number of anilines is 1. The van der Waals surface area contributed by atoms with Crippen molar-refractivity contribution in [3.05, 3.63) is 52.7 Å². The third-order valence-corrected chi connectivity index (χ3v) is 4.75. The minimum Gasteiger partial charge on any atom is -0.493 e. The Balaban J connectivity index is 1.51. The molecule has 2 N–H and O–H groups in total. The van der Waals surface area contributed by atoms with Gasteiger partial charge in [0, 0.05) is 22.3 Å². The second-order valence-electron chi connectivity index (χ2n) is 6.61. The fraction of sp³-hybridized carbons (Fsp3) is 0.190. The molecule has 2 aromatic carbocycles. The molecular formula is C21H18ClN3O6. The van der Waals surface area contributed by atoms with Crippen molar-refractivity contribution in [1.29, 1.82) is 0 Å². The number of amides is 4. The number of carbonyl (C=O) groups is 3. The summed E-state index contributed by atoms with van der Waals surface area (Å²) < 4.78 is 16.3. The van der Waals surface area contributed by atoms with E-state index in [1.165, 1.54) is 6.08 Å². The lowest BCUT2D eigenvalue weighted by molar-refractivity contribution is -0.127. The summed E-state index contributed by atoms with van der Waals surface area (Å²) in [5, 5.41) is 5.63. The number of imide groups is 1. The lowest BCUT2D eigenvalue weighted by Gasteiger charge is -2.12. The van der Waals surface area contributed by atoms with E-state index in [0.717, 1.165) is 4.90 Å². The van der Waals surface area contributed by atoms with E-state index in [1.807, 2.05) is 6.92 Å². The molecule has 4 amide bonds. The Kier molecular flexibility index (Phi) is 5.68. The number of fused-ring (bicyclic) bond motifs is 1. The average Bonchev–Trinajstić information content (AvgIpc) is 3.29. The maximum Gasteiger partial charge on any atom is 0.329 e. The van der Waals surface area contributed by atoms with E-state index >= 15 is 0 Å². The van der Waals surface area contributed by atoms with Crippen molar-refractivity contribution in [2.75, 3.05) is 25.3 Å². The molecule has 2 heterocycles. The highest BCUT2D eigenvalue weighted by Crippen LogP contribution is 2.39. The van der Waals surface area contributed by atoms with Crippen LogP contribution in [-0.4, -0.2) is 42.7 Å². The summed E-state index contributed by atoms with van der Waals surface area (Å²) in [4.78, 5) is 38.1. The topological polar surface area (TPSA) is 106 Å². The zero-order valence-electron chi connectivity index (χ0n) is 16.4. The van der Waals surface area contributed by atoms with Crippen LogP contribution >= 0.6 is 11.6 Å². The van der Waals surface area contributed by atoms with Gasteiger partial charge in [-0.3, -0.25) is 9.59 Å². The van der Waals surface area contributed by atoms with Gasteiger partial charge >= 0.3 is 6.03 Å². The van der Waals surface area contributed by atoms with Gasteiger partial charge in [0.2, 0.25) is 12.7 Å². The molecule has 2 aliphatic rings. The molecule has 0 atom stereocenters. The summed E-state index contributed by atoms with van der Waals surface area (Å²) in [5.74, 6) is 0.362. The number of hydrogen-bond donors (Lipinski definition) is 2. The number of nitrogens with one attached hydrogen (secondary N) is 2. The molecule has 0 bridgehead atoms. The number of ether oxygens (including phenoxy) is 3. The maximum absolute atomic E-state index is 12.7. The molecule has 2 aromatic rings. The van der Waals surface area contributed by atoms with Crippen LogP contribution in [0.5, 0.6) is 17.2 Å². The van der Waals surface area contributed by atoms with E-state index < -0.39 is 24.4 Å². The van der Waals surface area contributed by atoms with Crippen molar-refractivity contribution >= 4 is 41.2 Å². The minimum absolute atomic E-state index is 0.0177. The molecule has 1 saturated heterocycles. The fourth-order valence-electron chi connectivity index (χ4n) is 3.08. The van der Waals surface area contributed by atoms with Crippen molar-refractivity contribution in [3.8, 4) is 17.2 Å².